The first-order valence-electron chi connectivity index (χ1n) is 9.83. The van der Waals surface area contributed by atoms with Crippen LogP contribution in [0.2, 0.25) is 0 Å². The van der Waals surface area contributed by atoms with Crippen molar-refractivity contribution in [3.8, 4) is 0 Å². The van der Waals surface area contributed by atoms with E-state index in [4.69, 9.17) is 0 Å². The van der Waals surface area contributed by atoms with Gasteiger partial charge in [0.2, 0.25) is 0 Å². The number of β-amino-alcohol motifs (C(OH)–C–C–N with tert-alkyl or cyclic N) is 1. The van der Waals surface area contributed by atoms with Gasteiger partial charge in [0.15, 0.2) is 0 Å². The second-order valence-electron chi connectivity index (χ2n) is 7.95. The van der Waals surface area contributed by atoms with Crippen LogP contribution in [0.1, 0.15) is 43.2 Å². The Morgan fingerprint density at radius 1 is 1.04 bits per heavy atom. The van der Waals surface area contributed by atoms with Gasteiger partial charge in [-0.15, -0.1) is 0 Å². The maximum Gasteiger partial charge on any atom is 0.279 e. The molecule has 6 heteroatoms. The molecule has 2 aromatic carbocycles. The SMILES string of the molecule is Cc1ccc(S(=O)(=O)N2CC(O)(c3ccccc3)CC(C3CCCC3)=N2)cc1. The Balaban J connectivity index is 1.76. The van der Waals surface area contributed by atoms with Crippen LogP contribution in [0.3, 0.4) is 0 Å². The summed E-state index contributed by atoms with van der Waals surface area (Å²) in [5.41, 5.74) is 1.24. The van der Waals surface area contributed by atoms with E-state index >= 15 is 0 Å². The lowest BCUT2D eigenvalue weighted by Crippen LogP contribution is -2.48. The summed E-state index contributed by atoms with van der Waals surface area (Å²) in [7, 11) is -3.83. The van der Waals surface area contributed by atoms with Crippen molar-refractivity contribution < 1.29 is 13.5 Å². The molecule has 1 atom stereocenters. The average Bonchev–Trinajstić information content (AvgIpc) is 3.24. The summed E-state index contributed by atoms with van der Waals surface area (Å²) in [4.78, 5) is 0.199. The third-order valence-corrected chi connectivity index (χ3v) is 7.48. The molecule has 0 bridgehead atoms. The summed E-state index contributed by atoms with van der Waals surface area (Å²) < 4.78 is 27.7. The summed E-state index contributed by atoms with van der Waals surface area (Å²) in [6.07, 6.45) is 4.63. The monoisotopic (exact) mass is 398 g/mol. The molecule has 1 N–H and O–H groups in total. The fourth-order valence-electron chi connectivity index (χ4n) is 4.19. The molecule has 1 heterocycles. The highest BCUT2D eigenvalue weighted by Crippen LogP contribution is 2.38. The summed E-state index contributed by atoms with van der Waals surface area (Å²) >= 11 is 0. The lowest BCUT2D eigenvalue weighted by Gasteiger charge is -2.38. The second-order valence-corrected chi connectivity index (χ2v) is 9.79. The number of hydrogen-bond donors (Lipinski definition) is 1. The molecular weight excluding hydrogens is 372 g/mol. The van der Waals surface area contributed by atoms with Crippen molar-refractivity contribution in [1.82, 2.24) is 4.41 Å². The molecule has 5 nitrogen and oxygen atoms in total. The van der Waals surface area contributed by atoms with E-state index in [1.807, 2.05) is 37.3 Å². The molecule has 0 saturated heterocycles. The Bertz CT molecular complexity index is 965. The molecule has 1 aliphatic carbocycles. The van der Waals surface area contributed by atoms with E-state index < -0.39 is 15.6 Å². The molecule has 0 spiro atoms. The van der Waals surface area contributed by atoms with Crippen LogP contribution in [0.4, 0.5) is 0 Å². The van der Waals surface area contributed by atoms with E-state index in [9.17, 15) is 13.5 Å². The van der Waals surface area contributed by atoms with Crippen LogP contribution in [0.15, 0.2) is 64.6 Å². The molecule has 2 aliphatic rings. The van der Waals surface area contributed by atoms with Gasteiger partial charge >= 0.3 is 0 Å². The van der Waals surface area contributed by atoms with Crippen LogP contribution >= 0.6 is 0 Å². The molecule has 1 aliphatic heterocycles. The summed E-state index contributed by atoms with van der Waals surface area (Å²) in [6.45, 7) is 1.84. The van der Waals surface area contributed by atoms with Crippen LogP contribution in [0.25, 0.3) is 0 Å². The van der Waals surface area contributed by atoms with Crippen molar-refractivity contribution in [1.29, 1.82) is 0 Å². The largest absolute Gasteiger partial charge is 0.383 e. The van der Waals surface area contributed by atoms with Gasteiger partial charge in [0.25, 0.3) is 10.0 Å². The van der Waals surface area contributed by atoms with Gasteiger partial charge in [-0.3, -0.25) is 0 Å². The van der Waals surface area contributed by atoms with E-state index in [1.165, 1.54) is 0 Å². The molecule has 0 amide bonds. The van der Waals surface area contributed by atoms with Crippen molar-refractivity contribution in [2.45, 2.75) is 49.5 Å². The molecule has 0 radical (unpaired) electrons. The van der Waals surface area contributed by atoms with Gasteiger partial charge in [0, 0.05) is 12.1 Å². The highest BCUT2D eigenvalue weighted by atomic mass is 32.2. The van der Waals surface area contributed by atoms with Crippen LogP contribution in [-0.4, -0.2) is 30.2 Å². The number of benzene rings is 2. The molecule has 0 aromatic heterocycles. The Morgan fingerprint density at radius 2 is 1.68 bits per heavy atom. The first kappa shape index (κ1) is 19.2. The Hall–Kier alpha value is -2.18. The summed E-state index contributed by atoms with van der Waals surface area (Å²) in [6, 6.07) is 16.1. The minimum absolute atomic E-state index is 0.0799. The maximum atomic E-state index is 13.3. The number of hydrazone groups is 1. The zero-order valence-electron chi connectivity index (χ0n) is 16.1. The average molecular weight is 399 g/mol. The zero-order chi connectivity index (χ0) is 19.8. The van der Waals surface area contributed by atoms with Crippen LogP contribution in [-0.2, 0) is 15.6 Å². The standard InChI is InChI=1S/C22H26N2O3S/c1-17-11-13-20(14-12-17)28(26,27)24-16-22(25,19-9-3-2-4-10-19)15-21(23-24)18-7-5-6-8-18/h2-4,9-14,18,25H,5-8,15-16H2,1H3. The number of hydrogen-bond acceptors (Lipinski definition) is 4. The van der Waals surface area contributed by atoms with Gasteiger partial charge in [0.1, 0.15) is 5.60 Å². The lowest BCUT2D eigenvalue weighted by molar-refractivity contribution is 0.0163. The van der Waals surface area contributed by atoms with Crippen molar-refractivity contribution >= 4 is 15.7 Å². The Kier molecular flexibility index (Phi) is 5.02. The first-order valence-corrected chi connectivity index (χ1v) is 11.3. The summed E-state index contributed by atoms with van der Waals surface area (Å²) in [5, 5.41) is 16.1. The highest BCUT2D eigenvalue weighted by molar-refractivity contribution is 7.89. The zero-order valence-corrected chi connectivity index (χ0v) is 16.9. The van der Waals surface area contributed by atoms with E-state index in [1.54, 1.807) is 24.3 Å². The van der Waals surface area contributed by atoms with Gasteiger partial charge in [-0.2, -0.15) is 17.9 Å². The van der Waals surface area contributed by atoms with Crippen molar-refractivity contribution in [3.05, 3.63) is 65.7 Å². The number of nitrogens with zero attached hydrogens (tertiary/aromatic N) is 2. The topological polar surface area (TPSA) is 70.0 Å². The third kappa shape index (κ3) is 3.59. The fraction of sp³-hybridized carbons (Fsp3) is 0.409. The van der Waals surface area contributed by atoms with Gasteiger partial charge in [-0.25, -0.2) is 0 Å². The minimum atomic E-state index is -3.83. The van der Waals surface area contributed by atoms with E-state index in [2.05, 4.69) is 5.10 Å². The van der Waals surface area contributed by atoms with Crippen molar-refractivity contribution in [3.63, 3.8) is 0 Å². The quantitative estimate of drug-likeness (QED) is 0.851. The highest BCUT2D eigenvalue weighted by Gasteiger charge is 2.43. The normalized spacial score (nSPS) is 23.6. The third-order valence-electron chi connectivity index (χ3n) is 5.84. The van der Waals surface area contributed by atoms with Gasteiger partial charge in [-0.05, 0) is 43.4 Å². The summed E-state index contributed by atoms with van der Waals surface area (Å²) in [5.74, 6) is 0.242. The first-order chi connectivity index (χ1) is 13.4. The van der Waals surface area contributed by atoms with E-state index in [-0.39, 0.29) is 17.4 Å². The van der Waals surface area contributed by atoms with E-state index in [0.29, 0.717) is 6.42 Å². The Labute approximate surface area is 166 Å². The van der Waals surface area contributed by atoms with Crippen LogP contribution in [0, 0.1) is 12.8 Å². The molecular formula is C22H26N2O3S. The fourth-order valence-corrected chi connectivity index (χ4v) is 5.51. The Morgan fingerprint density at radius 3 is 2.32 bits per heavy atom. The van der Waals surface area contributed by atoms with Gasteiger partial charge in [-0.1, -0.05) is 60.9 Å². The maximum absolute atomic E-state index is 13.3. The van der Waals surface area contributed by atoms with E-state index in [0.717, 1.165) is 46.9 Å². The molecule has 148 valence electrons. The lowest BCUT2D eigenvalue weighted by atomic mass is 9.83. The van der Waals surface area contributed by atoms with Crippen LogP contribution < -0.4 is 0 Å². The number of sulfonamides is 1. The molecule has 1 unspecified atom stereocenters. The van der Waals surface area contributed by atoms with Gasteiger partial charge < -0.3 is 5.11 Å². The number of aliphatic hydroxyl groups is 1. The molecule has 1 saturated carbocycles. The van der Waals surface area contributed by atoms with Crippen molar-refractivity contribution in [2.24, 2.45) is 11.0 Å². The number of rotatable bonds is 4. The smallest absolute Gasteiger partial charge is 0.279 e. The van der Waals surface area contributed by atoms with Crippen LogP contribution in [0.5, 0.6) is 0 Å². The predicted molar refractivity (Wildman–Crippen MR) is 109 cm³/mol. The van der Waals surface area contributed by atoms with Gasteiger partial charge in [0.05, 0.1) is 11.4 Å². The molecule has 28 heavy (non-hydrogen) atoms. The molecule has 2 aromatic rings. The number of aryl methyl sites for hydroxylation is 1. The second kappa shape index (κ2) is 7.33. The molecule has 4 rings (SSSR count). The van der Waals surface area contributed by atoms with Crippen molar-refractivity contribution in [2.75, 3.05) is 6.54 Å². The predicted octanol–water partition coefficient (Wildman–Crippen LogP) is 3.82. The minimum Gasteiger partial charge on any atom is -0.383 e. The molecule has 1 fully saturated rings.